The molecule has 7 heteroatoms. The summed E-state index contributed by atoms with van der Waals surface area (Å²) in [5.41, 5.74) is 4.73. The van der Waals surface area contributed by atoms with E-state index in [0.29, 0.717) is 17.9 Å². The van der Waals surface area contributed by atoms with Crippen molar-refractivity contribution in [1.82, 2.24) is 19.9 Å². The standard InChI is InChI=1S/C23H21N5O2/c1-16(29)19-10-11-22(24-13-19)27-23(30)25-12-17-6-8-18(9-7-17)14-28-15-26-20-4-2-3-5-21(20)28/h2-11,13,15H,12,14H2,1H3,(H2,24,25,27,30). The second-order valence-electron chi connectivity index (χ2n) is 6.97. The average Bonchev–Trinajstić information content (AvgIpc) is 3.16. The van der Waals surface area contributed by atoms with E-state index in [0.717, 1.165) is 28.7 Å². The molecular weight excluding hydrogens is 378 g/mol. The molecule has 7 nitrogen and oxygen atoms in total. The number of carbonyl (C=O) groups is 2. The number of aromatic nitrogens is 3. The highest BCUT2D eigenvalue weighted by Crippen LogP contribution is 2.14. The van der Waals surface area contributed by atoms with Crippen molar-refractivity contribution >= 4 is 28.7 Å². The third-order valence-electron chi connectivity index (χ3n) is 4.77. The molecule has 2 aromatic heterocycles. The quantitative estimate of drug-likeness (QED) is 0.480. The van der Waals surface area contributed by atoms with E-state index in [1.807, 2.05) is 48.8 Å². The summed E-state index contributed by atoms with van der Waals surface area (Å²) >= 11 is 0. The van der Waals surface area contributed by atoms with Crippen LogP contribution in [-0.2, 0) is 13.1 Å². The van der Waals surface area contributed by atoms with Gasteiger partial charge in [0.25, 0.3) is 0 Å². The first-order valence-corrected chi connectivity index (χ1v) is 9.58. The number of benzene rings is 2. The Morgan fingerprint density at radius 2 is 1.70 bits per heavy atom. The molecule has 0 aliphatic carbocycles. The van der Waals surface area contributed by atoms with E-state index in [2.05, 4.69) is 31.2 Å². The molecule has 0 aliphatic heterocycles. The molecule has 2 amide bonds. The Labute approximate surface area is 173 Å². The first kappa shape index (κ1) is 19.3. The second kappa shape index (κ2) is 8.57. The van der Waals surface area contributed by atoms with Gasteiger partial charge in [-0.05, 0) is 42.3 Å². The van der Waals surface area contributed by atoms with E-state index in [-0.39, 0.29) is 11.8 Å². The van der Waals surface area contributed by atoms with E-state index >= 15 is 0 Å². The fourth-order valence-electron chi connectivity index (χ4n) is 3.11. The van der Waals surface area contributed by atoms with Gasteiger partial charge in [0.15, 0.2) is 5.78 Å². The molecule has 150 valence electrons. The van der Waals surface area contributed by atoms with Crippen molar-refractivity contribution in [3.8, 4) is 0 Å². The fourth-order valence-corrected chi connectivity index (χ4v) is 3.11. The lowest BCUT2D eigenvalue weighted by molar-refractivity contribution is 0.101. The highest BCUT2D eigenvalue weighted by atomic mass is 16.2. The van der Waals surface area contributed by atoms with Crippen LogP contribution in [0.25, 0.3) is 11.0 Å². The lowest BCUT2D eigenvalue weighted by Crippen LogP contribution is -2.28. The SMILES string of the molecule is CC(=O)c1ccc(NC(=O)NCc2ccc(Cn3cnc4ccccc43)cc2)nc1. The van der Waals surface area contributed by atoms with Gasteiger partial charge in [0.1, 0.15) is 5.82 Å². The van der Waals surface area contributed by atoms with Crippen molar-refractivity contribution in [3.05, 3.63) is 89.9 Å². The van der Waals surface area contributed by atoms with Crippen LogP contribution < -0.4 is 10.6 Å². The lowest BCUT2D eigenvalue weighted by atomic mass is 10.1. The number of amides is 2. The molecule has 0 radical (unpaired) electrons. The van der Waals surface area contributed by atoms with Crippen LogP contribution in [0.1, 0.15) is 28.4 Å². The summed E-state index contributed by atoms with van der Waals surface area (Å²) in [5.74, 6) is 0.323. The van der Waals surface area contributed by atoms with Crippen molar-refractivity contribution in [1.29, 1.82) is 0 Å². The van der Waals surface area contributed by atoms with Crippen LogP contribution >= 0.6 is 0 Å². The Morgan fingerprint density at radius 1 is 0.933 bits per heavy atom. The number of ketones is 1. The number of Topliss-reactive ketones (excluding diaryl/α,β-unsaturated/α-hetero) is 1. The molecule has 2 heterocycles. The van der Waals surface area contributed by atoms with Gasteiger partial charge in [-0.2, -0.15) is 0 Å². The summed E-state index contributed by atoms with van der Waals surface area (Å²) in [6.45, 7) is 2.60. The average molecular weight is 399 g/mol. The van der Waals surface area contributed by atoms with E-state index in [4.69, 9.17) is 0 Å². The van der Waals surface area contributed by atoms with Gasteiger partial charge in [-0.25, -0.2) is 14.8 Å². The minimum Gasteiger partial charge on any atom is -0.334 e. The maximum absolute atomic E-state index is 12.1. The topological polar surface area (TPSA) is 88.9 Å². The minimum absolute atomic E-state index is 0.0665. The van der Waals surface area contributed by atoms with Gasteiger partial charge < -0.3 is 9.88 Å². The normalized spacial score (nSPS) is 10.7. The first-order chi connectivity index (χ1) is 14.6. The Balaban J connectivity index is 1.31. The van der Waals surface area contributed by atoms with Gasteiger partial charge in [-0.15, -0.1) is 0 Å². The van der Waals surface area contributed by atoms with E-state index in [1.54, 1.807) is 12.1 Å². The Kier molecular flexibility index (Phi) is 5.52. The number of imidazole rings is 1. The van der Waals surface area contributed by atoms with Crippen LogP contribution in [-0.4, -0.2) is 26.3 Å². The highest BCUT2D eigenvalue weighted by molar-refractivity contribution is 5.94. The predicted molar refractivity (Wildman–Crippen MR) is 115 cm³/mol. The summed E-state index contributed by atoms with van der Waals surface area (Å²) in [5, 5.41) is 5.46. The molecule has 0 saturated carbocycles. The molecule has 0 fully saturated rings. The number of hydrogen-bond acceptors (Lipinski definition) is 4. The smallest absolute Gasteiger partial charge is 0.320 e. The molecule has 30 heavy (non-hydrogen) atoms. The van der Waals surface area contributed by atoms with Crippen molar-refractivity contribution in [2.75, 3.05) is 5.32 Å². The van der Waals surface area contributed by atoms with E-state index < -0.39 is 0 Å². The van der Waals surface area contributed by atoms with Crippen molar-refractivity contribution in [3.63, 3.8) is 0 Å². The van der Waals surface area contributed by atoms with Crippen molar-refractivity contribution < 1.29 is 9.59 Å². The number of pyridine rings is 1. The summed E-state index contributed by atoms with van der Waals surface area (Å²) in [7, 11) is 0. The molecule has 4 rings (SSSR count). The van der Waals surface area contributed by atoms with Crippen molar-refractivity contribution in [2.45, 2.75) is 20.0 Å². The monoisotopic (exact) mass is 399 g/mol. The van der Waals surface area contributed by atoms with Gasteiger partial charge in [-0.1, -0.05) is 36.4 Å². The van der Waals surface area contributed by atoms with E-state index in [9.17, 15) is 9.59 Å². The number of rotatable bonds is 6. The Hall–Kier alpha value is -4.00. The van der Waals surface area contributed by atoms with Gasteiger partial charge >= 0.3 is 6.03 Å². The van der Waals surface area contributed by atoms with Crippen LogP contribution in [0.15, 0.2) is 73.2 Å². The van der Waals surface area contributed by atoms with Crippen LogP contribution in [0.3, 0.4) is 0 Å². The van der Waals surface area contributed by atoms with Crippen LogP contribution in [0.4, 0.5) is 10.6 Å². The molecule has 0 saturated heterocycles. The van der Waals surface area contributed by atoms with Crippen LogP contribution in [0.2, 0.25) is 0 Å². The molecular formula is C23H21N5O2. The fraction of sp³-hybridized carbons (Fsp3) is 0.130. The summed E-state index contributed by atoms with van der Waals surface area (Å²) in [6, 6.07) is 19.0. The van der Waals surface area contributed by atoms with Gasteiger partial charge in [0.05, 0.1) is 17.4 Å². The molecule has 0 spiro atoms. The number of para-hydroxylation sites is 2. The molecule has 0 bridgehead atoms. The largest absolute Gasteiger partial charge is 0.334 e. The predicted octanol–water partition coefficient (Wildman–Crippen LogP) is 4.00. The molecule has 2 N–H and O–H groups in total. The maximum Gasteiger partial charge on any atom is 0.320 e. The number of nitrogens with zero attached hydrogens (tertiary/aromatic N) is 3. The minimum atomic E-state index is -0.355. The number of hydrogen-bond donors (Lipinski definition) is 2. The number of nitrogens with one attached hydrogen (secondary N) is 2. The second-order valence-corrected chi connectivity index (χ2v) is 6.97. The number of anilines is 1. The number of fused-ring (bicyclic) bond motifs is 1. The lowest BCUT2D eigenvalue weighted by Gasteiger charge is -2.09. The van der Waals surface area contributed by atoms with E-state index in [1.165, 1.54) is 13.1 Å². The van der Waals surface area contributed by atoms with Crippen molar-refractivity contribution in [2.24, 2.45) is 0 Å². The zero-order valence-electron chi connectivity index (χ0n) is 16.5. The maximum atomic E-state index is 12.1. The third kappa shape index (κ3) is 4.52. The molecule has 0 atom stereocenters. The van der Waals surface area contributed by atoms with Crippen LogP contribution in [0.5, 0.6) is 0 Å². The Morgan fingerprint density at radius 3 is 2.43 bits per heavy atom. The summed E-state index contributed by atoms with van der Waals surface area (Å²) in [4.78, 5) is 31.8. The third-order valence-corrected chi connectivity index (χ3v) is 4.77. The summed E-state index contributed by atoms with van der Waals surface area (Å²) in [6.07, 6.45) is 3.29. The number of carbonyl (C=O) groups excluding carboxylic acids is 2. The molecule has 0 unspecified atom stereocenters. The molecule has 0 aliphatic rings. The Bertz CT molecular complexity index is 1180. The number of urea groups is 1. The zero-order valence-corrected chi connectivity index (χ0v) is 16.5. The van der Waals surface area contributed by atoms with Crippen LogP contribution in [0, 0.1) is 0 Å². The van der Waals surface area contributed by atoms with Gasteiger partial charge in [0.2, 0.25) is 0 Å². The molecule has 4 aromatic rings. The first-order valence-electron chi connectivity index (χ1n) is 9.58. The van der Waals surface area contributed by atoms with Gasteiger partial charge in [-0.3, -0.25) is 10.1 Å². The highest BCUT2D eigenvalue weighted by Gasteiger charge is 2.06. The summed E-state index contributed by atoms with van der Waals surface area (Å²) < 4.78 is 2.11. The zero-order chi connectivity index (χ0) is 20.9. The van der Waals surface area contributed by atoms with Gasteiger partial charge in [0, 0.05) is 24.8 Å². The molecule has 2 aromatic carbocycles.